The van der Waals surface area contributed by atoms with Crippen LogP contribution in [0.1, 0.15) is 29.9 Å². The molecule has 0 aliphatic heterocycles. The molecule has 82 valence electrons. The number of rotatable bonds is 1. The maximum Gasteiger partial charge on any atom is 0.416 e. The third-order valence-electron chi connectivity index (χ3n) is 2.82. The van der Waals surface area contributed by atoms with Crippen molar-refractivity contribution < 1.29 is 18.3 Å². The van der Waals surface area contributed by atoms with E-state index in [4.69, 9.17) is 5.11 Å². The molecule has 1 nitrogen and oxygen atoms in total. The van der Waals surface area contributed by atoms with Crippen LogP contribution < -0.4 is 0 Å². The normalized spacial score (nSPS) is 26.1. The summed E-state index contributed by atoms with van der Waals surface area (Å²) in [5.41, 5.74) is 0.263. The van der Waals surface area contributed by atoms with E-state index in [9.17, 15) is 13.2 Å². The fraction of sp³-hybridized carbons (Fsp3) is 0.455. The van der Waals surface area contributed by atoms with Crippen molar-refractivity contribution in [1.29, 1.82) is 0 Å². The lowest BCUT2D eigenvalue weighted by Crippen LogP contribution is -2.26. The van der Waals surface area contributed by atoms with E-state index in [1.54, 1.807) is 0 Å². The molecule has 0 radical (unpaired) electrons. The minimum absolute atomic E-state index is 0.224. The van der Waals surface area contributed by atoms with Crippen LogP contribution >= 0.6 is 0 Å². The van der Waals surface area contributed by atoms with Crippen LogP contribution in [0.5, 0.6) is 0 Å². The Labute approximate surface area is 85.5 Å². The van der Waals surface area contributed by atoms with Gasteiger partial charge in [0.2, 0.25) is 0 Å². The molecular weight excluding hydrogens is 205 g/mol. The van der Waals surface area contributed by atoms with Crippen LogP contribution in [0.15, 0.2) is 24.3 Å². The van der Waals surface area contributed by atoms with Gasteiger partial charge in [0, 0.05) is 0 Å². The Morgan fingerprint density at radius 2 is 1.60 bits per heavy atom. The number of hydrogen-bond acceptors (Lipinski definition) is 1. The molecule has 2 rings (SSSR count). The molecule has 1 aromatic carbocycles. The van der Waals surface area contributed by atoms with Gasteiger partial charge in [-0.2, -0.15) is 13.2 Å². The number of halogens is 3. The van der Waals surface area contributed by atoms with Gasteiger partial charge in [-0.25, -0.2) is 0 Å². The fourth-order valence-electron chi connectivity index (χ4n) is 1.80. The largest absolute Gasteiger partial charge is 0.416 e. The molecule has 0 aromatic heterocycles. The smallest absolute Gasteiger partial charge is 0.393 e. The van der Waals surface area contributed by atoms with Crippen LogP contribution in [0.3, 0.4) is 0 Å². The predicted molar refractivity (Wildman–Crippen MR) is 49.4 cm³/mol. The molecule has 0 spiro atoms. The third kappa shape index (κ3) is 2.15. The fourth-order valence-corrected chi connectivity index (χ4v) is 1.80. The van der Waals surface area contributed by atoms with Crippen molar-refractivity contribution in [1.82, 2.24) is 0 Å². The highest BCUT2D eigenvalue weighted by atomic mass is 19.4. The summed E-state index contributed by atoms with van der Waals surface area (Å²) in [5.74, 6) is 0.224. The molecule has 0 bridgehead atoms. The molecule has 0 amide bonds. The second-order valence-corrected chi connectivity index (χ2v) is 3.94. The summed E-state index contributed by atoms with van der Waals surface area (Å²) in [6.45, 7) is 0. The molecule has 1 aliphatic rings. The Hall–Kier alpha value is -1.03. The van der Waals surface area contributed by atoms with Gasteiger partial charge in [0.15, 0.2) is 0 Å². The Morgan fingerprint density at radius 1 is 1.07 bits per heavy atom. The summed E-state index contributed by atoms with van der Waals surface area (Å²) in [5, 5.41) is 9.08. The van der Waals surface area contributed by atoms with Crippen LogP contribution in [0.25, 0.3) is 0 Å². The van der Waals surface area contributed by atoms with E-state index in [1.807, 2.05) is 0 Å². The lowest BCUT2D eigenvalue weighted by Gasteiger charge is -2.31. The van der Waals surface area contributed by atoms with Crippen molar-refractivity contribution in [3.8, 4) is 0 Å². The first-order chi connectivity index (χ1) is 6.97. The maximum atomic E-state index is 12.2. The predicted octanol–water partition coefficient (Wildman–Crippen LogP) is 2.94. The van der Waals surface area contributed by atoms with Gasteiger partial charge in [-0.05, 0) is 36.5 Å². The van der Waals surface area contributed by atoms with E-state index < -0.39 is 11.7 Å². The molecule has 0 atom stereocenters. The standard InChI is InChI=1S/C11H11F3O/c12-11(13,14)9-3-1-7(2-4-9)8-5-10(15)6-8/h1-4,8,10,15H,5-6H2/t8-,10-. The van der Waals surface area contributed by atoms with Crippen molar-refractivity contribution in [3.05, 3.63) is 35.4 Å². The Kier molecular flexibility index (Phi) is 2.46. The molecule has 1 N–H and O–H groups in total. The van der Waals surface area contributed by atoms with Crippen molar-refractivity contribution in [3.63, 3.8) is 0 Å². The van der Waals surface area contributed by atoms with Gasteiger partial charge >= 0.3 is 6.18 Å². The average Bonchev–Trinajstić information content (AvgIpc) is 2.12. The number of aliphatic hydroxyl groups is 1. The van der Waals surface area contributed by atoms with Gasteiger partial charge in [0.25, 0.3) is 0 Å². The van der Waals surface area contributed by atoms with E-state index >= 15 is 0 Å². The van der Waals surface area contributed by atoms with Gasteiger partial charge < -0.3 is 5.11 Å². The summed E-state index contributed by atoms with van der Waals surface area (Å²) >= 11 is 0. The minimum Gasteiger partial charge on any atom is -0.393 e. The first kappa shape index (κ1) is 10.5. The number of benzene rings is 1. The van der Waals surface area contributed by atoms with Crippen LogP contribution in [0.2, 0.25) is 0 Å². The van der Waals surface area contributed by atoms with Gasteiger partial charge in [-0.3, -0.25) is 0 Å². The summed E-state index contributed by atoms with van der Waals surface area (Å²) < 4.78 is 36.7. The van der Waals surface area contributed by atoms with Crippen LogP contribution in [0, 0.1) is 0 Å². The SMILES string of the molecule is O[C@H]1C[C@H](c2ccc(C(F)(F)F)cc2)C1. The maximum absolute atomic E-state index is 12.2. The molecular formula is C11H11F3O. The summed E-state index contributed by atoms with van der Waals surface area (Å²) in [6, 6.07) is 5.19. The van der Waals surface area contributed by atoms with Crippen molar-refractivity contribution >= 4 is 0 Å². The summed E-state index contributed by atoms with van der Waals surface area (Å²) in [4.78, 5) is 0. The van der Waals surface area contributed by atoms with Crippen molar-refractivity contribution in [2.45, 2.75) is 31.0 Å². The Morgan fingerprint density at radius 3 is 2.00 bits per heavy atom. The second kappa shape index (κ2) is 3.52. The zero-order valence-electron chi connectivity index (χ0n) is 7.96. The van der Waals surface area contributed by atoms with Gasteiger partial charge in [0.1, 0.15) is 0 Å². The number of alkyl halides is 3. The first-order valence-corrected chi connectivity index (χ1v) is 4.82. The topological polar surface area (TPSA) is 20.2 Å². The van der Waals surface area contributed by atoms with Crippen LogP contribution in [-0.2, 0) is 6.18 Å². The Bertz CT molecular complexity index is 336. The first-order valence-electron chi connectivity index (χ1n) is 4.82. The number of hydrogen-bond donors (Lipinski definition) is 1. The van der Waals surface area contributed by atoms with E-state index in [0.29, 0.717) is 12.8 Å². The monoisotopic (exact) mass is 216 g/mol. The minimum atomic E-state index is -4.27. The molecule has 0 unspecified atom stereocenters. The molecule has 1 saturated carbocycles. The van der Waals surface area contributed by atoms with Crippen LogP contribution in [0.4, 0.5) is 13.2 Å². The van der Waals surface area contributed by atoms with Crippen molar-refractivity contribution in [2.24, 2.45) is 0 Å². The molecule has 15 heavy (non-hydrogen) atoms. The van der Waals surface area contributed by atoms with E-state index in [-0.39, 0.29) is 12.0 Å². The molecule has 1 fully saturated rings. The summed E-state index contributed by atoms with van der Waals surface area (Å²) in [7, 11) is 0. The molecule has 1 aromatic rings. The van der Waals surface area contributed by atoms with Crippen LogP contribution in [-0.4, -0.2) is 11.2 Å². The van der Waals surface area contributed by atoms with Gasteiger partial charge in [-0.1, -0.05) is 12.1 Å². The highest BCUT2D eigenvalue weighted by molar-refractivity contribution is 5.28. The zero-order chi connectivity index (χ0) is 11.1. The second-order valence-electron chi connectivity index (χ2n) is 3.94. The summed E-state index contributed by atoms with van der Waals surface area (Å²) in [6.07, 6.45) is -3.23. The van der Waals surface area contributed by atoms with E-state index in [2.05, 4.69) is 0 Å². The third-order valence-corrected chi connectivity index (χ3v) is 2.82. The quantitative estimate of drug-likeness (QED) is 0.765. The molecule has 4 heteroatoms. The zero-order valence-corrected chi connectivity index (χ0v) is 7.96. The molecule has 1 aliphatic carbocycles. The number of aliphatic hydroxyl groups excluding tert-OH is 1. The molecule has 0 heterocycles. The lowest BCUT2D eigenvalue weighted by atomic mass is 9.77. The van der Waals surface area contributed by atoms with E-state index in [1.165, 1.54) is 12.1 Å². The van der Waals surface area contributed by atoms with E-state index in [0.717, 1.165) is 17.7 Å². The highest BCUT2D eigenvalue weighted by Crippen LogP contribution is 2.38. The lowest BCUT2D eigenvalue weighted by molar-refractivity contribution is -0.137. The Balaban J connectivity index is 2.11. The van der Waals surface area contributed by atoms with Crippen molar-refractivity contribution in [2.75, 3.05) is 0 Å². The highest BCUT2D eigenvalue weighted by Gasteiger charge is 2.32. The van der Waals surface area contributed by atoms with Gasteiger partial charge in [-0.15, -0.1) is 0 Å². The average molecular weight is 216 g/mol. The van der Waals surface area contributed by atoms with Gasteiger partial charge in [0.05, 0.1) is 11.7 Å². The molecule has 0 saturated heterocycles.